The monoisotopic (exact) mass is 611 g/mol. The quantitative estimate of drug-likeness (QED) is 0.311. The molecule has 3 aliphatic heterocycles. The topological polar surface area (TPSA) is 97.0 Å². The molecule has 0 aromatic heterocycles. The lowest BCUT2D eigenvalue weighted by atomic mass is 9.74. The number of para-hydroxylation sites is 1. The normalized spacial score (nSPS) is 27.3. The van der Waals surface area contributed by atoms with Gasteiger partial charge < -0.3 is 25.0 Å². The average molecular weight is 612 g/mol. The molecule has 3 aromatic carbocycles. The van der Waals surface area contributed by atoms with Gasteiger partial charge in [-0.15, -0.1) is 0 Å². The minimum atomic E-state index is -1.22. The summed E-state index contributed by atoms with van der Waals surface area (Å²) in [5, 5.41) is 6.79. The molecule has 1 aliphatic carbocycles. The van der Waals surface area contributed by atoms with Crippen LogP contribution in [0.15, 0.2) is 91.0 Å². The zero-order valence-corrected chi connectivity index (χ0v) is 24.9. The second kappa shape index (κ2) is 11.7. The summed E-state index contributed by atoms with van der Waals surface area (Å²) in [5.41, 5.74) is 0.195. The summed E-state index contributed by atoms with van der Waals surface area (Å²) < 4.78 is 12.4. The van der Waals surface area contributed by atoms with Gasteiger partial charge in [0.1, 0.15) is 23.1 Å². The number of benzene rings is 3. The molecule has 9 heteroatoms. The summed E-state index contributed by atoms with van der Waals surface area (Å²) in [6.07, 6.45) is 8.19. The molecule has 2 saturated heterocycles. The SMILES string of the molecule is O=C(Nc1ccc(Oc2ccccc2)cc1)C1[C@H]2C=CC3(O2)C(C(=O)NC2CCCCC2)N(Cc2ccc(Cl)cc2)C(=O)[C@@H]13. The first-order valence-electron chi connectivity index (χ1n) is 15.3. The van der Waals surface area contributed by atoms with E-state index in [0.29, 0.717) is 22.2 Å². The zero-order valence-electron chi connectivity index (χ0n) is 24.2. The maximum absolute atomic E-state index is 14.2. The Morgan fingerprint density at radius 2 is 1.61 bits per heavy atom. The fourth-order valence-corrected chi connectivity index (χ4v) is 7.33. The predicted octanol–water partition coefficient (Wildman–Crippen LogP) is 5.87. The molecule has 1 spiro atoms. The number of likely N-dealkylation sites (tertiary alicyclic amines) is 1. The van der Waals surface area contributed by atoms with E-state index < -0.39 is 29.6 Å². The molecule has 2 bridgehead atoms. The largest absolute Gasteiger partial charge is 0.457 e. The molecule has 0 radical (unpaired) electrons. The lowest BCUT2D eigenvalue weighted by molar-refractivity contribution is -0.142. The van der Waals surface area contributed by atoms with Crippen molar-refractivity contribution in [2.75, 3.05) is 5.32 Å². The lowest BCUT2D eigenvalue weighted by Crippen LogP contribution is -2.56. The van der Waals surface area contributed by atoms with Gasteiger partial charge in [-0.25, -0.2) is 0 Å². The van der Waals surface area contributed by atoms with Crippen molar-refractivity contribution in [3.63, 3.8) is 0 Å². The van der Waals surface area contributed by atoms with Crippen LogP contribution in [-0.4, -0.2) is 46.4 Å². The zero-order chi connectivity index (χ0) is 30.3. The van der Waals surface area contributed by atoms with E-state index in [4.69, 9.17) is 21.1 Å². The number of rotatable bonds is 8. The summed E-state index contributed by atoms with van der Waals surface area (Å²) in [6, 6.07) is 22.9. The van der Waals surface area contributed by atoms with E-state index in [1.54, 1.807) is 41.3 Å². The summed E-state index contributed by atoms with van der Waals surface area (Å²) >= 11 is 6.11. The smallest absolute Gasteiger partial charge is 0.246 e. The van der Waals surface area contributed by atoms with Crippen LogP contribution in [0.3, 0.4) is 0 Å². The highest BCUT2D eigenvalue weighted by Crippen LogP contribution is 2.55. The van der Waals surface area contributed by atoms with E-state index in [1.165, 1.54) is 0 Å². The Morgan fingerprint density at radius 3 is 2.34 bits per heavy atom. The molecule has 44 heavy (non-hydrogen) atoms. The minimum absolute atomic E-state index is 0.0645. The Hall–Kier alpha value is -4.14. The summed E-state index contributed by atoms with van der Waals surface area (Å²) in [5.74, 6) is -1.08. The minimum Gasteiger partial charge on any atom is -0.457 e. The van der Waals surface area contributed by atoms with Crippen molar-refractivity contribution in [1.29, 1.82) is 0 Å². The lowest BCUT2D eigenvalue weighted by Gasteiger charge is -2.34. The van der Waals surface area contributed by atoms with E-state index in [1.807, 2.05) is 54.6 Å². The third kappa shape index (κ3) is 5.26. The van der Waals surface area contributed by atoms with Gasteiger partial charge in [0.05, 0.1) is 17.9 Å². The van der Waals surface area contributed by atoms with Gasteiger partial charge in [0.25, 0.3) is 0 Å². The highest BCUT2D eigenvalue weighted by atomic mass is 35.5. The highest BCUT2D eigenvalue weighted by molar-refractivity contribution is 6.30. The van der Waals surface area contributed by atoms with Crippen molar-refractivity contribution in [3.05, 3.63) is 102 Å². The van der Waals surface area contributed by atoms with Crippen LogP contribution in [0.5, 0.6) is 11.5 Å². The maximum Gasteiger partial charge on any atom is 0.246 e. The van der Waals surface area contributed by atoms with Gasteiger partial charge >= 0.3 is 0 Å². The number of anilines is 1. The van der Waals surface area contributed by atoms with Gasteiger partial charge in [-0.2, -0.15) is 0 Å². The number of halogens is 1. The van der Waals surface area contributed by atoms with E-state index in [0.717, 1.165) is 37.7 Å². The van der Waals surface area contributed by atoms with E-state index in [9.17, 15) is 14.4 Å². The Morgan fingerprint density at radius 1 is 0.909 bits per heavy atom. The number of carbonyl (C=O) groups excluding carboxylic acids is 3. The van der Waals surface area contributed by atoms with Crippen LogP contribution in [0.1, 0.15) is 37.7 Å². The third-order valence-electron chi connectivity index (χ3n) is 9.24. The predicted molar refractivity (Wildman–Crippen MR) is 166 cm³/mol. The van der Waals surface area contributed by atoms with Crippen LogP contribution in [0.2, 0.25) is 5.02 Å². The number of hydrogen-bond donors (Lipinski definition) is 2. The van der Waals surface area contributed by atoms with Crippen molar-refractivity contribution >= 4 is 35.0 Å². The molecular formula is C35H34ClN3O5. The molecule has 3 fully saturated rings. The summed E-state index contributed by atoms with van der Waals surface area (Å²) in [7, 11) is 0. The average Bonchev–Trinajstić information content (AvgIpc) is 3.68. The first-order chi connectivity index (χ1) is 21.4. The van der Waals surface area contributed by atoms with Crippen molar-refractivity contribution in [2.45, 2.75) is 62.4 Å². The molecular weight excluding hydrogens is 578 g/mol. The van der Waals surface area contributed by atoms with E-state index >= 15 is 0 Å². The van der Waals surface area contributed by atoms with Crippen LogP contribution >= 0.6 is 11.6 Å². The van der Waals surface area contributed by atoms with Crippen LogP contribution in [-0.2, 0) is 25.7 Å². The van der Waals surface area contributed by atoms with Crippen molar-refractivity contribution in [2.24, 2.45) is 11.8 Å². The highest BCUT2D eigenvalue weighted by Gasteiger charge is 2.72. The Balaban J connectivity index is 1.13. The third-order valence-corrected chi connectivity index (χ3v) is 9.50. The standard InChI is InChI=1S/C35H34ClN3O5/c36-23-13-11-22(12-14-23)21-39-31(33(41)38-24-7-3-1-4-8-24)35-20-19-28(44-35)29(30(35)34(39)42)32(40)37-25-15-17-27(18-16-25)43-26-9-5-2-6-10-26/h2,5-6,9-20,24,28-31H,1,3-4,7-8,21H2,(H,37,40)(H,38,41)/t28-,29?,30-,31?,35?/m1/s1. The fourth-order valence-electron chi connectivity index (χ4n) is 7.21. The number of hydrogen-bond acceptors (Lipinski definition) is 5. The Bertz CT molecular complexity index is 1570. The van der Waals surface area contributed by atoms with Crippen LogP contribution in [0, 0.1) is 11.8 Å². The van der Waals surface area contributed by atoms with Crippen molar-refractivity contribution in [3.8, 4) is 11.5 Å². The molecule has 226 valence electrons. The van der Waals surface area contributed by atoms with E-state index in [-0.39, 0.29) is 30.3 Å². The number of amides is 3. The molecule has 1 saturated carbocycles. The maximum atomic E-state index is 14.2. The van der Waals surface area contributed by atoms with Gasteiger partial charge in [0.2, 0.25) is 17.7 Å². The number of carbonyl (C=O) groups is 3. The van der Waals surface area contributed by atoms with Crippen molar-refractivity contribution in [1.82, 2.24) is 10.2 Å². The number of nitrogens with zero attached hydrogens (tertiary/aromatic N) is 1. The second-order valence-electron chi connectivity index (χ2n) is 12.1. The first-order valence-corrected chi connectivity index (χ1v) is 15.7. The molecule has 3 unspecified atom stereocenters. The molecule has 3 amide bonds. The summed E-state index contributed by atoms with van der Waals surface area (Å²) in [6.45, 7) is 0.204. The van der Waals surface area contributed by atoms with Crippen LogP contribution < -0.4 is 15.4 Å². The Kier molecular flexibility index (Phi) is 7.64. The van der Waals surface area contributed by atoms with Crippen LogP contribution in [0.4, 0.5) is 5.69 Å². The fraction of sp³-hybridized carbons (Fsp3) is 0.343. The van der Waals surface area contributed by atoms with Gasteiger partial charge in [0.15, 0.2) is 0 Å². The van der Waals surface area contributed by atoms with Crippen molar-refractivity contribution < 1.29 is 23.9 Å². The molecule has 5 atom stereocenters. The molecule has 3 heterocycles. The molecule has 7 rings (SSSR count). The molecule has 3 aromatic rings. The number of fused-ring (bicyclic) bond motifs is 1. The van der Waals surface area contributed by atoms with Gasteiger partial charge in [-0.3, -0.25) is 14.4 Å². The number of ether oxygens (including phenoxy) is 2. The first kappa shape index (κ1) is 28.6. The number of nitrogens with one attached hydrogen (secondary N) is 2. The molecule has 4 aliphatic rings. The molecule has 8 nitrogen and oxygen atoms in total. The van der Waals surface area contributed by atoms with Gasteiger partial charge in [0, 0.05) is 23.3 Å². The van der Waals surface area contributed by atoms with Crippen LogP contribution in [0.25, 0.3) is 0 Å². The van der Waals surface area contributed by atoms with Gasteiger partial charge in [-0.05, 0) is 66.9 Å². The molecule has 2 N–H and O–H groups in total. The summed E-state index contributed by atoms with van der Waals surface area (Å²) in [4.78, 5) is 43.7. The van der Waals surface area contributed by atoms with E-state index in [2.05, 4.69) is 10.6 Å². The Labute approximate surface area is 261 Å². The van der Waals surface area contributed by atoms with Gasteiger partial charge in [-0.1, -0.05) is 73.3 Å². The second-order valence-corrected chi connectivity index (χ2v) is 12.5.